The number of anilines is 3. The zero-order valence-corrected chi connectivity index (χ0v) is 24.3. The highest BCUT2D eigenvalue weighted by Gasteiger charge is 2.45. The largest absolute Gasteiger partial charge is 0.349 e. The lowest BCUT2D eigenvalue weighted by Gasteiger charge is -2.40. The second-order valence-electron chi connectivity index (χ2n) is 11.5. The number of pyridine rings is 1. The van der Waals surface area contributed by atoms with E-state index in [-0.39, 0.29) is 51.7 Å². The number of amides is 3. The molecule has 4 aliphatic rings. The summed E-state index contributed by atoms with van der Waals surface area (Å²) < 4.78 is 42.2. The summed E-state index contributed by atoms with van der Waals surface area (Å²) in [6.07, 6.45) is 6.07. The van der Waals surface area contributed by atoms with E-state index < -0.39 is 30.7 Å². The molecule has 1 saturated heterocycles. The Balaban J connectivity index is 1.08. The van der Waals surface area contributed by atoms with Gasteiger partial charge in [0.2, 0.25) is 0 Å². The zero-order valence-electron chi connectivity index (χ0n) is 23.4. The van der Waals surface area contributed by atoms with Crippen LogP contribution in [0.3, 0.4) is 0 Å². The molecule has 4 heterocycles. The fourth-order valence-electron chi connectivity index (χ4n) is 5.85. The number of allylic oxidation sites excluding steroid dienone is 1. The van der Waals surface area contributed by atoms with Crippen LogP contribution in [-0.2, 0) is 4.79 Å². The van der Waals surface area contributed by atoms with Gasteiger partial charge in [0.05, 0.1) is 29.2 Å². The number of carbonyl (C=O) groups is 3. The molecular formula is C32H28F3N5O3S. The molecule has 44 heavy (non-hydrogen) atoms. The van der Waals surface area contributed by atoms with Crippen molar-refractivity contribution >= 4 is 46.7 Å². The van der Waals surface area contributed by atoms with Gasteiger partial charge in [0.15, 0.2) is 0 Å². The molecule has 3 amide bonds. The van der Waals surface area contributed by atoms with Crippen LogP contribution >= 0.6 is 11.8 Å². The van der Waals surface area contributed by atoms with E-state index in [0.29, 0.717) is 23.6 Å². The molecule has 3 aromatic rings. The third kappa shape index (κ3) is 5.42. The van der Waals surface area contributed by atoms with E-state index in [1.54, 1.807) is 4.90 Å². The Morgan fingerprint density at radius 3 is 2.52 bits per heavy atom. The van der Waals surface area contributed by atoms with Gasteiger partial charge in [-0.1, -0.05) is 24.3 Å². The van der Waals surface area contributed by atoms with Crippen molar-refractivity contribution in [2.45, 2.75) is 36.5 Å². The van der Waals surface area contributed by atoms with Crippen molar-refractivity contribution in [2.75, 3.05) is 34.8 Å². The number of para-hydroxylation sites is 1. The fourth-order valence-corrected chi connectivity index (χ4v) is 7.26. The molecule has 0 spiro atoms. The number of hydrogen-bond acceptors (Lipinski definition) is 6. The third-order valence-corrected chi connectivity index (χ3v) is 9.68. The van der Waals surface area contributed by atoms with Crippen molar-refractivity contribution in [1.29, 1.82) is 0 Å². The van der Waals surface area contributed by atoms with Crippen LogP contribution in [0.15, 0.2) is 71.8 Å². The standard InChI is InChI=1S/C32H28F3N5O3S/c33-23-14-19(7-10-24(23)38-29(41)22-5-3-12-36-28(22)39-16-32(34,35)17-39)31(43)40-13-11-18-15-26(30(42)37-20-8-9-20)44-27(18)21-4-1-2-6-25(21)40/h1-7,10,12,14-15,18,20,27H,8-9,11,13,16-17H2,(H,37,42)(H,38,41). The summed E-state index contributed by atoms with van der Waals surface area (Å²) in [6.45, 7) is -0.726. The summed E-state index contributed by atoms with van der Waals surface area (Å²) in [5.41, 5.74) is 1.65. The van der Waals surface area contributed by atoms with Gasteiger partial charge in [-0.25, -0.2) is 18.2 Å². The van der Waals surface area contributed by atoms with Crippen LogP contribution in [0.1, 0.15) is 50.8 Å². The Kier molecular flexibility index (Phi) is 7.11. The van der Waals surface area contributed by atoms with Crippen LogP contribution in [0, 0.1) is 11.7 Å². The van der Waals surface area contributed by atoms with Crippen molar-refractivity contribution in [2.24, 2.45) is 5.92 Å². The number of fused-ring (bicyclic) bond motifs is 3. The van der Waals surface area contributed by atoms with Gasteiger partial charge in [0, 0.05) is 35.3 Å². The minimum absolute atomic E-state index is 0.0156. The second-order valence-corrected chi connectivity index (χ2v) is 12.7. The maximum absolute atomic E-state index is 15.3. The van der Waals surface area contributed by atoms with E-state index in [0.717, 1.165) is 24.5 Å². The van der Waals surface area contributed by atoms with Crippen LogP contribution < -0.4 is 20.4 Å². The Labute approximate surface area is 255 Å². The van der Waals surface area contributed by atoms with Gasteiger partial charge < -0.3 is 20.4 Å². The second kappa shape index (κ2) is 11.0. The van der Waals surface area contributed by atoms with Gasteiger partial charge in [-0.2, -0.15) is 0 Å². The van der Waals surface area contributed by atoms with E-state index in [2.05, 4.69) is 15.6 Å². The maximum atomic E-state index is 15.3. The molecule has 1 saturated carbocycles. The lowest BCUT2D eigenvalue weighted by Crippen LogP contribution is -2.57. The number of rotatable bonds is 6. The molecule has 1 aromatic heterocycles. The van der Waals surface area contributed by atoms with Gasteiger partial charge in [0.25, 0.3) is 23.6 Å². The first-order valence-corrected chi connectivity index (χ1v) is 15.3. The lowest BCUT2D eigenvalue weighted by molar-refractivity contribution is -0.116. The number of nitrogens with one attached hydrogen (secondary N) is 2. The highest BCUT2D eigenvalue weighted by Crippen LogP contribution is 2.53. The topological polar surface area (TPSA) is 94.6 Å². The minimum Gasteiger partial charge on any atom is -0.349 e. The van der Waals surface area contributed by atoms with Crippen molar-refractivity contribution < 1.29 is 27.6 Å². The molecule has 226 valence electrons. The van der Waals surface area contributed by atoms with Gasteiger partial charge in [-0.3, -0.25) is 14.4 Å². The number of alkyl halides is 2. The minimum atomic E-state index is -2.85. The van der Waals surface area contributed by atoms with Gasteiger partial charge in [-0.05, 0) is 67.1 Å². The van der Waals surface area contributed by atoms with E-state index >= 15 is 4.39 Å². The molecule has 2 fully saturated rings. The van der Waals surface area contributed by atoms with Gasteiger partial charge in [0.1, 0.15) is 11.6 Å². The van der Waals surface area contributed by atoms with Crippen LogP contribution in [0.25, 0.3) is 0 Å². The lowest BCUT2D eigenvalue weighted by atomic mass is 9.96. The number of benzene rings is 2. The van der Waals surface area contributed by atoms with Gasteiger partial charge in [-0.15, -0.1) is 11.8 Å². The van der Waals surface area contributed by atoms with E-state index in [4.69, 9.17) is 0 Å². The zero-order chi connectivity index (χ0) is 30.6. The molecule has 8 nitrogen and oxygen atoms in total. The summed E-state index contributed by atoms with van der Waals surface area (Å²) in [4.78, 5) is 47.2. The van der Waals surface area contributed by atoms with E-state index in [1.807, 2.05) is 30.3 Å². The molecule has 2 aromatic carbocycles. The van der Waals surface area contributed by atoms with E-state index in [9.17, 15) is 23.2 Å². The van der Waals surface area contributed by atoms with Crippen molar-refractivity contribution in [3.63, 3.8) is 0 Å². The third-order valence-electron chi connectivity index (χ3n) is 8.25. The molecule has 2 unspecified atom stereocenters. The number of thioether (sulfide) groups is 1. The van der Waals surface area contributed by atoms with Crippen LogP contribution in [0.4, 0.5) is 30.4 Å². The average molecular weight is 620 g/mol. The van der Waals surface area contributed by atoms with Crippen LogP contribution in [-0.4, -0.2) is 54.3 Å². The molecule has 0 bridgehead atoms. The SMILES string of the molecule is O=C(NC1CC1)C1=CC2CCN(C(=O)c3ccc(NC(=O)c4cccnc4N4CC(F)(F)C4)c(F)c3)c3ccccc3C2S1. The fraction of sp³-hybridized carbons (Fsp3) is 0.312. The maximum Gasteiger partial charge on any atom is 0.282 e. The first-order valence-electron chi connectivity index (χ1n) is 14.5. The molecule has 12 heteroatoms. The van der Waals surface area contributed by atoms with Crippen molar-refractivity contribution in [1.82, 2.24) is 10.3 Å². The summed E-state index contributed by atoms with van der Waals surface area (Å²) >= 11 is 1.52. The summed E-state index contributed by atoms with van der Waals surface area (Å²) in [6, 6.07) is 14.6. The number of nitrogens with zero attached hydrogens (tertiary/aromatic N) is 3. The molecule has 3 aliphatic heterocycles. The molecule has 0 radical (unpaired) electrons. The summed E-state index contributed by atoms with van der Waals surface area (Å²) in [5, 5.41) is 5.52. The number of aromatic nitrogens is 1. The Bertz CT molecular complexity index is 1700. The molecule has 1 aliphatic carbocycles. The van der Waals surface area contributed by atoms with Crippen molar-refractivity contribution in [3.05, 3.63) is 94.3 Å². The Hall–Kier alpha value is -4.32. The normalized spacial score (nSPS) is 21.8. The quantitative estimate of drug-likeness (QED) is 0.376. The highest BCUT2D eigenvalue weighted by molar-refractivity contribution is 8.04. The van der Waals surface area contributed by atoms with Crippen LogP contribution in [0.5, 0.6) is 0 Å². The number of carbonyl (C=O) groups excluding carboxylic acids is 3. The van der Waals surface area contributed by atoms with Gasteiger partial charge >= 0.3 is 0 Å². The first-order chi connectivity index (χ1) is 21.2. The monoisotopic (exact) mass is 619 g/mol. The number of halogens is 3. The Morgan fingerprint density at radius 1 is 0.977 bits per heavy atom. The van der Waals surface area contributed by atoms with Crippen LogP contribution in [0.2, 0.25) is 0 Å². The predicted molar refractivity (Wildman–Crippen MR) is 162 cm³/mol. The smallest absolute Gasteiger partial charge is 0.282 e. The number of hydrogen-bond donors (Lipinski definition) is 2. The molecule has 2 N–H and O–H groups in total. The molecule has 2 atom stereocenters. The summed E-state index contributed by atoms with van der Waals surface area (Å²) in [5.74, 6) is -4.63. The first kappa shape index (κ1) is 28.5. The van der Waals surface area contributed by atoms with Crippen molar-refractivity contribution in [3.8, 4) is 0 Å². The highest BCUT2D eigenvalue weighted by atomic mass is 32.2. The Morgan fingerprint density at radius 2 is 1.77 bits per heavy atom. The van der Waals surface area contributed by atoms with E-state index in [1.165, 1.54) is 47.1 Å². The molecule has 7 rings (SSSR count). The predicted octanol–water partition coefficient (Wildman–Crippen LogP) is 5.55. The summed E-state index contributed by atoms with van der Waals surface area (Å²) in [7, 11) is 0. The molecular weight excluding hydrogens is 591 g/mol. The average Bonchev–Trinajstić information content (AvgIpc) is 3.74.